The minimum atomic E-state index is -0.457. The summed E-state index contributed by atoms with van der Waals surface area (Å²) >= 11 is 1.50. The Balaban J connectivity index is 2.14. The van der Waals surface area contributed by atoms with Crippen molar-refractivity contribution >= 4 is 17.4 Å². The van der Waals surface area contributed by atoms with Gasteiger partial charge >= 0.3 is 5.69 Å². The number of rotatable bonds is 5. The van der Waals surface area contributed by atoms with E-state index in [1.165, 1.54) is 24.9 Å². The first-order valence-corrected chi connectivity index (χ1v) is 6.82. The van der Waals surface area contributed by atoms with Gasteiger partial charge in [0.1, 0.15) is 5.75 Å². The first kappa shape index (κ1) is 14.2. The molecular weight excluding hydrogens is 278 g/mol. The van der Waals surface area contributed by atoms with Crippen LogP contribution >= 0.6 is 11.8 Å². The van der Waals surface area contributed by atoms with E-state index in [4.69, 9.17) is 4.74 Å². The molecule has 6 heteroatoms. The van der Waals surface area contributed by atoms with Gasteiger partial charge in [-0.05, 0) is 29.8 Å². The fourth-order valence-corrected chi connectivity index (χ4v) is 2.60. The zero-order chi connectivity index (χ0) is 14.5. The van der Waals surface area contributed by atoms with Crippen LogP contribution in [-0.2, 0) is 5.75 Å². The van der Waals surface area contributed by atoms with Gasteiger partial charge in [-0.1, -0.05) is 12.1 Å². The van der Waals surface area contributed by atoms with Crippen molar-refractivity contribution < 1.29 is 14.8 Å². The monoisotopic (exact) mass is 291 g/mol. The van der Waals surface area contributed by atoms with Gasteiger partial charge in [0, 0.05) is 16.7 Å². The van der Waals surface area contributed by atoms with Gasteiger partial charge < -0.3 is 9.84 Å². The Kier molecular flexibility index (Phi) is 4.47. The van der Waals surface area contributed by atoms with E-state index in [9.17, 15) is 15.2 Å². The minimum Gasteiger partial charge on any atom is -0.508 e. The molecule has 0 heterocycles. The van der Waals surface area contributed by atoms with Crippen LogP contribution in [0.15, 0.2) is 47.4 Å². The van der Waals surface area contributed by atoms with Gasteiger partial charge in [0.2, 0.25) is 0 Å². The lowest BCUT2D eigenvalue weighted by molar-refractivity contribution is -0.385. The smallest absolute Gasteiger partial charge is 0.311 e. The molecule has 0 amide bonds. The number of nitrogens with zero attached hydrogens (tertiary/aromatic N) is 1. The molecule has 20 heavy (non-hydrogen) atoms. The molecule has 0 aromatic heterocycles. The number of nitro benzene ring substituents is 1. The van der Waals surface area contributed by atoms with Gasteiger partial charge in [-0.25, -0.2) is 0 Å². The molecule has 0 aliphatic rings. The fourth-order valence-electron chi connectivity index (χ4n) is 1.71. The van der Waals surface area contributed by atoms with Gasteiger partial charge in [0.25, 0.3) is 0 Å². The Hall–Kier alpha value is -2.21. The highest BCUT2D eigenvalue weighted by Crippen LogP contribution is 2.31. The molecule has 0 fully saturated rings. The molecule has 104 valence electrons. The number of nitro groups is 1. The first-order valence-electron chi connectivity index (χ1n) is 5.83. The summed E-state index contributed by atoms with van der Waals surface area (Å²) in [5.41, 5.74) is 0.785. The van der Waals surface area contributed by atoms with Gasteiger partial charge in [0.05, 0.1) is 12.0 Å². The maximum Gasteiger partial charge on any atom is 0.311 e. The highest BCUT2D eigenvalue weighted by Gasteiger charge is 2.15. The topological polar surface area (TPSA) is 72.6 Å². The molecule has 2 rings (SSSR count). The van der Waals surface area contributed by atoms with Gasteiger partial charge in [-0.15, -0.1) is 11.8 Å². The number of ether oxygens (including phenoxy) is 1. The fraction of sp³-hybridized carbons (Fsp3) is 0.143. The lowest BCUT2D eigenvalue weighted by atomic mass is 10.2. The molecule has 0 spiro atoms. The number of phenols is 1. The lowest BCUT2D eigenvalue weighted by Crippen LogP contribution is -1.95. The second-order valence-corrected chi connectivity index (χ2v) is 5.10. The van der Waals surface area contributed by atoms with Crippen LogP contribution in [-0.4, -0.2) is 17.1 Å². The third kappa shape index (κ3) is 3.42. The minimum absolute atomic E-state index is 0.0403. The van der Waals surface area contributed by atoms with Crippen LogP contribution in [0, 0.1) is 10.1 Å². The number of thioether (sulfide) groups is 1. The summed E-state index contributed by atoms with van der Waals surface area (Å²) in [7, 11) is 1.41. The zero-order valence-corrected chi connectivity index (χ0v) is 11.6. The number of hydrogen-bond donors (Lipinski definition) is 1. The molecule has 0 aliphatic carbocycles. The van der Waals surface area contributed by atoms with Gasteiger partial charge in [-0.2, -0.15) is 0 Å². The van der Waals surface area contributed by atoms with E-state index in [1.54, 1.807) is 30.3 Å². The van der Waals surface area contributed by atoms with E-state index >= 15 is 0 Å². The molecule has 0 aliphatic heterocycles. The zero-order valence-electron chi connectivity index (χ0n) is 10.8. The Morgan fingerprint density at radius 2 is 2.10 bits per heavy atom. The van der Waals surface area contributed by atoms with Crippen LogP contribution in [0.2, 0.25) is 0 Å². The number of aromatic hydroxyl groups is 1. The molecule has 5 nitrogen and oxygen atoms in total. The van der Waals surface area contributed by atoms with Crippen LogP contribution in [0.1, 0.15) is 5.56 Å². The molecular formula is C14H13NO4S. The number of benzene rings is 2. The normalized spacial score (nSPS) is 10.2. The van der Waals surface area contributed by atoms with Gasteiger partial charge in [0.15, 0.2) is 5.75 Å². The molecule has 2 aromatic rings. The maximum atomic E-state index is 10.9. The Morgan fingerprint density at radius 1 is 1.30 bits per heavy atom. The van der Waals surface area contributed by atoms with E-state index in [0.717, 1.165) is 10.5 Å². The third-order valence-corrected chi connectivity index (χ3v) is 3.73. The van der Waals surface area contributed by atoms with Crippen molar-refractivity contribution in [1.82, 2.24) is 0 Å². The predicted octanol–water partition coefficient (Wildman–Crippen LogP) is 3.60. The third-order valence-electron chi connectivity index (χ3n) is 2.66. The highest BCUT2D eigenvalue weighted by molar-refractivity contribution is 7.98. The van der Waals surface area contributed by atoms with E-state index in [0.29, 0.717) is 5.75 Å². The van der Waals surface area contributed by atoms with E-state index in [-0.39, 0.29) is 17.2 Å². The van der Waals surface area contributed by atoms with Crippen molar-refractivity contribution in [3.63, 3.8) is 0 Å². The summed E-state index contributed by atoms with van der Waals surface area (Å²) < 4.78 is 4.96. The Bertz CT molecular complexity index is 630. The highest BCUT2D eigenvalue weighted by atomic mass is 32.2. The average Bonchev–Trinajstić information content (AvgIpc) is 2.45. The summed E-state index contributed by atoms with van der Waals surface area (Å²) in [6, 6.07) is 11.8. The standard InChI is InChI=1S/C14H13NO4S/c1-19-14-6-5-10(7-13(14)15(17)18)9-20-12-4-2-3-11(16)8-12/h2-8,16H,9H2,1H3. The van der Waals surface area contributed by atoms with Crippen LogP contribution in [0.25, 0.3) is 0 Å². The largest absolute Gasteiger partial charge is 0.508 e. The molecule has 1 N–H and O–H groups in total. The SMILES string of the molecule is COc1ccc(CSc2cccc(O)c2)cc1[N+](=O)[O-]. The van der Waals surface area contributed by atoms with Gasteiger partial charge in [-0.3, -0.25) is 10.1 Å². The van der Waals surface area contributed by atoms with Crippen molar-refractivity contribution in [3.8, 4) is 11.5 Å². The molecule has 0 radical (unpaired) electrons. The molecule has 0 saturated carbocycles. The van der Waals surface area contributed by atoms with Crippen molar-refractivity contribution in [2.45, 2.75) is 10.6 Å². The van der Waals surface area contributed by atoms with Crippen molar-refractivity contribution in [2.75, 3.05) is 7.11 Å². The van der Waals surface area contributed by atoms with Crippen molar-refractivity contribution in [3.05, 3.63) is 58.1 Å². The van der Waals surface area contributed by atoms with Crippen molar-refractivity contribution in [1.29, 1.82) is 0 Å². The van der Waals surface area contributed by atoms with Crippen LogP contribution in [0.4, 0.5) is 5.69 Å². The Morgan fingerprint density at radius 3 is 2.75 bits per heavy atom. The molecule has 0 atom stereocenters. The summed E-state index contributed by atoms with van der Waals surface area (Å²) in [6.07, 6.45) is 0. The summed E-state index contributed by atoms with van der Waals surface area (Å²) in [5, 5.41) is 20.3. The van der Waals surface area contributed by atoms with E-state index in [2.05, 4.69) is 0 Å². The Labute approximate surface area is 120 Å². The van der Waals surface area contributed by atoms with Crippen molar-refractivity contribution in [2.24, 2.45) is 0 Å². The quantitative estimate of drug-likeness (QED) is 0.517. The van der Waals surface area contributed by atoms with E-state index in [1.807, 2.05) is 6.07 Å². The second-order valence-electron chi connectivity index (χ2n) is 4.05. The molecule has 0 bridgehead atoms. The number of phenolic OH excluding ortho intramolecular Hbond substituents is 1. The molecule has 2 aromatic carbocycles. The molecule has 0 unspecified atom stereocenters. The van der Waals surface area contributed by atoms with Crippen LogP contribution in [0.5, 0.6) is 11.5 Å². The maximum absolute atomic E-state index is 10.9. The lowest BCUT2D eigenvalue weighted by Gasteiger charge is -2.05. The summed E-state index contributed by atoms with van der Waals surface area (Å²) in [4.78, 5) is 11.4. The number of hydrogen-bond acceptors (Lipinski definition) is 5. The second kappa shape index (κ2) is 6.29. The molecule has 0 saturated heterocycles. The van der Waals surface area contributed by atoms with Crippen LogP contribution < -0.4 is 4.74 Å². The summed E-state index contributed by atoms with van der Waals surface area (Å²) in [5.74, 6) is 1.03. The number of methoxy groups -OCH3 is 1. The average molecular weight is 291 g/mol. The summed E-state index contributed by atoms with van der Waals surface area (Å²) in [6.45, 7) is 0. The first-order chi connectivity index (χ1) is 9.60. The van der Waals surface area contributed by atoms with Crippen LogP contribution in [0.3, 0.4) is 0 Å². The predicted molar refractivity (Wildman–Crippen MR) is 77.3 cm³/mol. The van der Waals surface area contributed by atoms with E-state index < -0.39 is 4.92 Å².